The molecule has 0 aliphatic heterocycles. The van der Waals surface area contributed by atoms with Gasteiger partial charge in [0, 0.05) is 29.1 Å². The second-order valence-corrected chi connectivity index (χ2v) is 7.00. The largest absolute Gasteiger partial charge is 0.460 e. The number of carbonyl (C=O) groups excluding carboxylic acids is 2. The third kappa shape index (κ3) is 5.94. The quantitative estimate of drug-likeness (QED) is 0.870. The molecule has 5 nitrogen and oxygen atoms in total. The molecule has 0 bridgehead atoms. The van der Waals surface area contributed by atoms with Crippen LogP contribution in [-0.2, 0) is 20.7 Å². The van der Waals surface area contributed by atoms with Crippen molar-refractivity contribution in [3.63, 3.8) is 0 Å². The van der Waals surface area contributed by atoms with Crippen LogP contribution in [0.3, 0.4) is 0 Å². The predicted octanol–water partition coefficient (Wildman–Crippen LogP) is 2.95. The first-order valence-corrected chi connectivity index (χ1v) is 6.95. The minimum absolute atomic E-state index is 0.0743. The van der Waals surface area contributed by atoms with Crippen molar-refractivity contribution >= 4 is 17.6 Å². The molecule has 1 rings (SSSR count). The summed E-state index contributed by atoms with van der Waals surface area (Å²) in [5, 5.41) is 2.83. The van der Waals surface area contributed by atoms with Crippen LogP contribution in [0.1, 0.15) is 47.1 Å². The lowest BCUT2D eigenvalue weighted by molar-refractivity contribution is -0.153. The summed E-state index contributed by atoms with van der Waals surface area (Å²) in [5.41, 5.74) is 0.195. The van der Waals surface area contributed by atoms with E-state index in [2.05, 4.69) is 10.3 Å². The van der Waals surface area contributed by atoms with E-state index in [0.717, 1.165) is 0 Å². The molecule has 1 heterocycles. The smallest absolute Gasteiger partial charge is 0.310 e. The first-order chi connectivity index (χ1) is 9.49. The van der Waals surface area contributed by atoms with E-state index in [1.807, 2.05) is 41.5 Å². The summed E-state index contributed by atoms with van der Waals surface area (Å²) in [6.07, 6.45) is 3.23. The minimum Gasteiger partial charge on any atom is -0.460 e. The van der Waals surface area contributed by atoms with Gasteiger partial charge in [-0.2, -0.15) is 0 Å². The summed E-state index contributed by atoms with van der Waals surface area (Å²) in [6.45, 7) is 10.9. The van der Waals surface area contributed by atoms with Crippen molar-refractivity contribution in [3.05, 3.63) is 24.0 Å². The van der Waals surface area contributed by atoms with Gasteiger partial charge in [0.1, 0.15) is 5.60 Å². The van der Waals surface area contributed by atoms with E-state index in [4.69, 9.17) is 4.74 Å². The first-order valence-electron chi connectivity index (χ1n) is 6.95. The van der Waals surface area contributed by atoms with Crippen molar-refractivity contribution in [2.75, 3.05) is 5.32 Å². The summed E-state index contributed by atoms with van der Waals surface area (Å²) in [4.78, 5) is 28.0. The molecule has 0 radical (unpaired) electrons. The molecule has 1 aromatic rings. The molecule has 1 N–H and O–H groups in total. The van der Waals surface area contributed by atoms with Gasteiger partial charge in [-0.1, -0.05) is 20.8 Å². The lowest BCUT2D eigenvalue weighted by atomic mass is 9.95. The fraction of sp³-hybridized carbons (Fsp3) is 0.562. The van der Waals surface area contributed by atoms with Crippen LogP contribution in [-0.4, -0.2) is 22.5 Å². The summed E-state index contributed by atoms with van der Waals surface area (Å²) in [5.74, 6) is -0.458. The number of rotatable bonds is 3. The zero-order chi connectivity index (χ0) is 16.3. The maximum absolute atomic E-state index is 12.1. The van der Waals surface area contributed by atoms with E-state index in [9.17, 15) is 9.59 Å². The summed E-state index contributed by atoms with van der Waals surface area (Å²) >= 11 is 0. The SMILES string of the molecule is CC(C)(C)OC(=O)Cc1cnccc1NC(=O)C(C)(C)C. The summed E-state index contributed by atoms with van der Waals surface area (Å²) in [6, 6.07) is 1.68. The molecule has 1 aromatic heterocycles. The zero-order valence-corrected chi connectivity index (χ0v) is 13.6. The Labute approximate surface area is 126 Å². The van der Waals surface area contributed by atoms with Crippen molar-refractivity contribution in [1.29, 1.82) is 0 Å². The van der Waals surface area contributed by atoms with Gasteiger partial charge in [0.05, 0.1) is 6.42 Å². The highest BCUT2D eigenvalue weighted by Gasteiger charge is 2.23. The van der Waals surface area contributed by atoms with Gasteiger partial charge in [0.2, 0.25) is 5.91 Å². The van der Waals surface area contributed by atoms with Gasteiger partial charge in [-0.05, 0) is 26.8 Å². The van der Waals surface area contributed by atoms with Crippen molar-refractivity contribution in [2.45, 2.75) is 53.6 Å². The van der Waals surface area contributed by atoms with Crippen molar-refractivity contribution in [1.82, 2.24) is 4.98 Å². The molecule has 0 aliphatic rings. The number of nitrogens with one attached hydrogen (secondary N) is 1. The normalized spacial score (nSPS) is 11.9. The molecule has 0 aromatic carbocycles. The average Bonchev–Trinajstić information content (AvgIpc) is 2.27. The maximum Gasteiger partial charge on any atom is 0.310 e. The van der Waals surface area contributed by atoms with Crippen LogP contribution < -0.4 is 5.32 Å². The Morgan fingerprint density at radius 1 is 1.19 bits per heavy atom. The lowest BCUT2D eigenvalue weighted by Crippen LogP contribution is -2.29. The maximum atomic E-state index is 12.1. The second-order valence-electron chi connectivity index (χ2n) is 7.00. The van der Waals surface area contributed by atoms with Crippen molar-refractivity contribution in [3.8, 4) is 0 Å². The molecule has 0 aliphatic carbocycles. The molecule has 0 unspecified atom stereocenters. The van der Waals surface area contributed by atoms with Crippen LogP contribution in [0.5, 0.6) is 0 Å². The van der Waals surface area contributed by atoms with Gasteiger partial charge < -0.3 is 10.1 Å². The van der Waals surface area contributed by atoms with Crippen LogP contribution in [0.2, 0.25) is 0 Å². The third-order valence-electron chi connectivity index (χ3n) is 2.59. The highest BCUT2D eigenvalue weighted by atomic mass is 16.6. The number of pyridine rings is 1. The number of hydrogen-bond donors (Lipinski definition) is 1. The molecular weight excluding hydrogens is 268 g/mol. The number of hydrogen-bond acceptors (Lipinski definition) is 4. The first kappa shape index (κ1) is 17.1. The van der Waals surface area contributed by atoms with Gasteiger partial charge >= 0.3 is 5.97 Å². The van der Waals surface area contributed by atoms with E-state index in [1.165, 1.54) is 0 Å². The Morgan fingerprint density at radius 3 is 2.33 bits per heavy atom. The number of amides is 1. The third-order valence-corrected chi connectivity index (χ3v) is 2.59. The van der Waals surface area contributed by atoms with Gasteiger partial charge in [-0.25, -0.2) is 0 Å². The van der Waals surface area contributed by atoms with Gasteiger partial charge in [0.25, 0.3) is 0 Å². The minimum atomic E-state index is -0.534. The van der Waals surface area contributed by atoms with Crippen LogP contribution >= 0.6 is 0 Å². The molecule has 21 heavy (non-hydrogen) atoms. The Bertz CT molecular complexity index is 525. The van der Waals surface area contributed by atoms with Gasteiger partial charge in [-0.15, -0.1) is 0 Å². The van der Waals surface area contributed by atoms with E-state index >= 15 is 0 Å². The number of nitrogens with zero attached hydrogens (tertiary/aromatic N) is 1. The topological polar surface area (TPSA) is 68.3 Å². The zero-order valence-electron chi connectivity index (χ0n) is 13.6. The standard InChI is InChI=1S/C16H24N2O3/c1-15(2,3)14(20)18-12-7-8-17-10-11(12)9-13(19)21-16(4,5)6/h7-8,10H,9H2,1-6H3,(H,17,18,20). The van der Waals surface area contributed by atoms with Crippen LogP contribution in [0.4, 0.5) is 5.69 Å². The van der Waals surface area contributed by atoms with E-state index in [-0.39, 0.29) is 18.3 Å². The van der Waals surface area contributed by atoms with Crippen molar-refractivity contribution < 1.29 is 14.3 Å². The summed E-state index contributed by atoms with van der Waals surface area (Å²) in [7, 11) is 0. The lowest BCUT2D eigenvalue weighted by Gasteiger charge is -2.21. The number of aromatic nitrogens is 1. The Hall–Kier alpha value is -1.91. The van der Waals surface area contributed by atoms with Crippen LogP contribution in [0.15, 0.2) is 18.5 Å². The van der Waals surface area contributed by atoms with Gasteiger partial charge in [0.15, 0.2) is 0 Å². The Morgan fingerprint density at radius 2 is 1.81 bits per heavy atom. The van der Waals surface area contributed by atoms with Gasteiger partial charge in [-0.3, -0.25) is 14.6 Å². The molecule has 0 atom stereocenters. The molecule has 0 saturated carbocycles. The number of esters is 1. The highest BCUT2D eigenvalue weighted by Crippen LogP contribution is 2.21. The summed E-state index contributed by atoms with van der Waals surface area (Å²) < 4.78 is 5.29. The van der Waals surface area contributed by atoms with Crippen LogP contribution in [0, 0.1) is 5.41 Å². The monoisotopic (exact) mass is 292 g/mol. The van der Waals surface area contributed by atoms with E-state index in [0.29, 0.717) is 11.3 Å². The fourth-order valence-corrected chi connectivity index (χ4v) is 1.53. The Balaban J connectivity index is 2.85. The molecule has 1 amide bonds. The number of carbonyl (C=O) groups is 2. The molecule has 0 spiro atoms. The number of anilines is 1. The average molecular weight is 292 g/mol. The molecule has 0 saturated heterocycles. The second kappa shape index (κ2) is 6.24. The molecule has 0 fully saturated rings. The highest BCUT2D eigenvalue weighted by molar-refractivity contribution is 5.95. The Kier molecular flexibility index (Phi) is 5.10. The van der Waals surface area contributed by atoms with E-state index in [1.54, 1.807) is 18.5 Å². The van der Waals surface area contributed by atoms with Crippen LogP contribution in [0.25, 0.3) is 0 Å². The predicted molar refractivity (Wildman–Crippen MR) is 81.9 cm³/mol. The fourth-order valence-electron chi connectivity index (χ4n) is 1.53. The molecular formula is C16H24N2O3. The number of ether oxygens (including phenoxy) is 1. The van der Waals surface area contributed by atoms with E-state index < -0.39 is 11.0 Å². The van der Waals surface area contributed by atoms with Crippen molar-refractivity contribution in [2.24, 2.45) is 5.41 Å². The molecule has 5 heteroatoms. The molecule has 116 valence electrons.